The Morgan fingerprint density at radius 1 is 1.53 bits per heavy atom. The van der Waals surface area contributed by atoms with Gasteiger partial charge in [-0.25, -0.2) is 8.78 Å². The molecule has 0 radical (unpaired) electrons. The third-order valence-corrected chi connectivity index (χ3v) is 2.59. The average Bonchev–Trinajstić information content (AvgIpc) is 2.23. The first-order chi connectivity index (χ1) is 7.06. The average molecular weight is 274 g/mol. The Morgan fingerprint density at radius 3 is 2.80 bits per heavy atom. The van der Waals surface area contributed by atoms with Crippen LogP contribution >= 0.6 is 15.9 Å². The molecule has 1 atom stereocenters. The molecule has 4 heteroatoms. The Balaban J connectivity index is 2.86. The van der Waals surface area contributed by atoms with Crippen molar-refractivity contribution in [3.8, 4) is 12.3 Å². The molecule has 0 spiro atoms. The van der Waals surface area contributed by atoms with E-state index >= 15 is 0 Å². The Hall–Kier alpha value is -0.920. The Morgan fingerprint density at radius 2 is 2.20 bits per heavy atom. The van der Waals surface area contributed by atoms with Crippen molar-refractivity contribution >= 4 is 15.9 Å². The van der Waals surface area contributed by atoms with Gasteiger partial charge in [0.15, 0.2) is 0 Å². The lowest BCUT2D eigenvalue weighted by Gasteiger charge is -2.10. The maximum Gasteiger partial charge on any atom is 0.144 e. The third kappa shape index (κ3) is 3.01. The first-order valence-electron chi connectivity index (χ1n) is 4.38. The van der Waals surface area contributed by atoms with Gasteiger partial charge < -0.3 is 0 Å². The molecule has 0 saturated carbocycles. The standard InChI is InChI=1S/C11H10BrF2N/c1-3-7(2)15-6-8-10(13)5-4-9(12)11(8)14/h1,4-5,7,15H,6H2,2H3. The summed E-state index contributed by atoms with van der Waals surface area (Å²) in [5.74, 6) is 1.25. The molecular formula is C11H10BrF2N. The lowest BCUT2D eigenvalue weighted by atomic mass is 10.2. The van der Waals surface area contributed by atoms with E-state index < -0.39 is 11.6 Å². The maximum absolute atomic E-state index is 13.4. The van der Waals surface area contributed by atoms with Crippen molar-refractivity contribution in [2.24, 2.45) is 0 Å². The summed E-state index contributed by atoms with van der Waals surface area (Å²) in [7, 11) is 0. The van der Waals surface area contributed by atoms with Gasteiger partial charge in [0.2, 0.25) is 0 Å². The largest absolute Gasteiger partial charge is 0.300 e. The number of rotatable bonds is 3. The molecule has 1 N–H and O–H groups in total. The Kier molecular flexibility index (Phi) is 4.25. The van der Waals surface area contributed by atoms with Gasteiger partial charge in [0.05, 0.1) is 10.5 Å². The van der Waals surface area contributed by atoms with Crippen molar-refractivity contribution in [3.63, 3.8) is 0 Å². The van der Waals surface area contributed by atoms with E-state index in [9.17, 15) is 8.78 Å². The molecular weight excluding hydrogens is 264 g/mol. The first kappa shape index (κ1) is 12.2. The van der Waals surface area contributed by atoms with Gasteiger partial charge in [0.1, 0.15) is 11.6 Å². The quantitative estimate of drug-likeness (QED) is 0.660. The molecule has 80 valence electrons. The monoisotopic (exact) mass is 273 g/mol. The fourth-order valence-corrected chi connectivity index (χ4v) is 1.42. The molecule has 1 nitrogen and oxygen atoms in total. The SMILES string of the molecule is C#CC(C)NCc1c(F)ccc(Br)c1F. The van der Waals surface area contributed by atoms with Crippen molar-refractivity contribution in [1.82, 2.24) is 5.32 Å². The highest BCUT2D eigenvalue weighted by atomic mass is 79.9. The zero-order chi connectivity index (χ0) is 11.4. The Bertz CT molecular complexity index is 398. The van der Waals surface area contributed by atoms with Gasteiger partial charge in [-0.2, -0.15) is 0 Å². The van der Waals surface area contributed by atoms with E-state index in [2.05, 4.69) is 27.2 Å². The van der Waals surface area contributed by atoms with Gasteiger partial charge in [0, 0.05) is 12.1 Å². The number of terminal acetylenes is 1. The predicted molar refractivity (Wildman–Crippen MR) is 59.2 cm³/mol. The predicted octanol–water partition coefficient (Wildman–Crippen LogP) is 2.84. The molecule has 0 aromatic heterocycles. The van der Waals surface area contributed by atoms with E-state index in [0.717, 1.165) is 0 Å². The fourth-order valence-electron chi connectivity index (χ4n) is 1.05. The van der Waals surface area contributed by atoms with Crippen LogP contribution in [0.5, 0.6) is 0 Å². The molecule has 0 bridgehead atoms. The normalized spacial score (nSPS) is 12.2. The van der Waals surface area contributed by atoms with Crippen LogP contribution in [0.15, 0.2) is 16.6 Å². The van der Waals surface area contributed by atoms with Crippen molar-refractivity contribution in [3.05, 3.63) is 33.8 Å². The number of hydrogen-bond acceptors (Lipinski definition) is 1. The van der Waals surface area contributed by atoms with E-state index in [1.54, 1.807) is 6.92 Å². The summed E-state index contributed by atoms with van der Waals surface area (Å²) in [5.41, 5.74) is -0.00789. The topological polar surface area (TPSA) is 12.0 Å². The van der Waals surface area contributed by atoms with Crippen molar-refractivity contribution in [2.75, 3.05) is 0 Å². The first-order valence-corrected chi connectivity index (χ1v) is 5.17. The molecule has 1 aromatic rings. The lowest BCUT2D eigenvalue weighted by molar-refractivity contribution is 0.526. The molecule has 0 aliphatic heterocycles. The van der Waals surface area contributed by atoms with Gasteiger partial charge in [0.25, 0.3) is 0 Å². The van der Waals surface area contributed by atoms with Gasteiger partial charge >= 0.3 is 0 Å². The van der Waals surface area contributed by atoms with E-state index in [1.807, 2.05) is 0 Å². The summed E-state index contributed by atoms with van der Waals surface area (Å²) in [4.78, 5) is 0. The molecule has 15 heavy (non-hydrogen) atoms. The second-order valence-electron chi connectivity index (χ2n) is 3.09. The Labute approximate surface area is 96.0 Å². The van der Waals surface area contributed by atoms with E-state index in [4.69, 9.17) is 6.42 Å². The van der Waals surface area contributed by atoms with E-state index in [-0.39, 0.29) is 22.6 Å². The van der Waals surface area contributed by atoms with Gasteiger partial charge in [-0.1, -0.05) is 5.92 Å². The summed E-state index contributed by atoms with van der Waals surface area (Å²) < 4.78 is 26.9. The minimum atomic E-state index is -0.591. The number of benzene rings is 1. The minimum absolute atomic E-state index is 0.00789. The van der Waals surface area contributed by atoms with Gasteiger partial charge in [-0.3, -0.25) is 5.32 Å². The van der Waals surface area contributed by atoms with E-state index in [0.29, 0.717) is 0 Å². The van der Waals surface area contributed by atoms with Crippen LogP contribution in [0, 0.1) is 24.0 Å². The van der Waals surface area contributed by atoms with Gasteiger partial charge in [-0.15, -0.1) is 6.42 Å². The molecule has 0 saturated heterocycles. The second-order valence-corrected chi connectivity index (χ2v) is 3.95. The second kappa shape index (κ2) is 5.24. The molecule has 1 rings (SSSR count). The highest BCUT2D eigenvalue weighted by molar-refractivity contribution is 9.10. The van der Waals surface area contributed by atoms with Crippen LogP contribution in [0.3, 0.4) is 0 Å². The van der Waals surface area contributed by atoms with Crippen LogP contribution in [-0.4, -0.2) is 6.04 Å². The van der Waals surface area contributed by atoms with Crippen LogP contribution in [0.1, 0.15) is 12.5 Å². The van der Waals surface area contributed by atoms with Gasteiger partial charge in [-0.05, 0) is 35.0 Å². The zero-order valence-corrected chi connectivity index (χ0v) is 9.74. The van der Waals surface area contributed by atoms with Crippen LogP contribution in [0.2, 0.25) is 0 Å². The number of nitrogens with one attached hydrogen (secondary N) is 1. The van der Waals surface area contributed by atoms with Crippen molar-refractivity contribution in [1.29, 1.82) is 0 Å². The molecule has 0 aliphatic rings. The minimum Gasteiger partial charge on any atom is -0.300 e. The van der Waals surface area contributed by atoms with Crippen LogP contribution in [-0.2, 0) is 6.54 Å². The molecule has 0 heterocycles. The maximum atomic E-state index is 13.4. The molecule has 0 aliphatic carbocycles. The fraction of sp³-hybridized carbons (Fsp3) is 0.273. The molecule has 1 aromatic carbocycles. The zero-order valence-electron chi connectivity index (χ0n) is 8.15. The summed E-state index contributed by atoms with van der Waals surface area (Å²) in [5, 5.41) is 2.82. The van der Waals surface area contributed by atoms with Crippen LogP contribution in [0.25, 0.3) is 0 Å². The summed E-state index contributed by atoms with van der Waals surface area (Å²) in [6, 6.07) is 2.33. The third-order valence-electron chi connectivity index (χ3n) is 1.97. The van der Waals surface area contributed by atoms with Crippen LogP contribution in [0.4, 0.5) is 8.78 Å². The van der Waals surface area contributed by atoms with Crippen LogP contribution < -0.4 is 5.32 Å². The molecule has 0 amide bonds. The van der Waals surface area contributed by atoms with Crippen molar-refractivity contribution < 1.29 is 8.78 Å². The van der Waals surface area contributed by atoms with Crippen molar-refractivity contribution in [2.45, 2.75) is 19.5 Å². The summed E-state index contributed by atoms with van der Waals surface area (Å²) in [6.07, 6.45) is 5.13. The number of hydrogen-bond donors (Lipinski definition) is 1. The molecule has 1 unspecified atom stereocenters. The highest BCUT2D eigenvalue weighted by Crippen LogP contribution is 2.21. The summed E-state index contributed by atoms with van der Waals surface area (Å²) >= 11 is 2.99. The van der Waals surface area contributed by atoms with E-state index in [1.165, 1.54) is 12.1 Å². The lowest BCUT2D eigenvalue weighted by Crippen LogP contribution is -2.24. The summed E-state index contributed by atoms with van der Waals surface area (Å²) in [6.45, 7) is 1.82. The smallest absolute Gasteiger partial charge is 0.144 e. The highest BCUT2D eigenvalue weighted by Gasteiger charge is 2.12. The number of halogens is 3. The molecule has 0 fully saturated rings.